The molecule has 3 rings (SSSR count). The van der Waals surface area contributed by atoms with E-state index in [4.69, 9.17) is 11.6 Å². The second-order valence-corrected chi connectivity index (χ2v) is 12.5. The van der Waals surface area contributed by atoms with Gasteiger partial charge in [-0.05, 0) is 76.6 Å². The van der Waals surface area contributed by atoms with Crippen molar-refractivity contribution in [2.24, 2.45) is 0 Å². The normalized spacial score (nSPS) is 12.5. The van der Waals surface area contributed by atoms with Gasteiger partial charge in [-0.1, -0.05) is 59.6 Å². The minimum atomic E-state index is -4.12. The van der Waals surface area contributed by atoms with Crippen LogP contribution in [0.2, 0.25) is 5.02 Å². The van der Waals surface area contributed by atoms with Crippen LogP contribution in [0.1, 0.15) is 38.8 Å². The minimum Gasteiger partial charge on any atom is -0.350 e. The molecule has 0 radical (unpaired) electrons. The highest BCUT2D eigenvalue weighted by atomic mass is 35.5. The van der Waals surface area contributed by atoms with Gasteiger partial charge in [-0.15, -0.1) is 0 Å². The average molecular weight is 556 g/mol. The molecule has 0 spiro atoms. The second-order valence-electron chi connectivity index (χ2n) is 10.2. The van der Waals surface area contributed by atoms with E-state index in [0.29, 0.717) is 5.02 Å². The highest BCUT2D eigenvalue weighted by molar-refractivity contribution is 7.92. The Labute approximate surface area is 230 Å². The molecule has 38 heavy (non-hydrogen) atoms. The number of benzene rings is 3. The fourth-order valence-corrected chi connectivity index (χ4v) is 5.35. The summed E-state index contributed by atoms with van der Waals surface area (Å²) < 4.78 is 28.6. The van der Waals surface area contributed by atoms with Crippen molar-refractivity contribution in [2.45, 2.75) is 57.6 Å². The van der Waals surface area contributed by atoms with E-state index in [1.165, 1.54) is 17.0 Å². The van der Waals surface area contributed by atoms with Crippen molar-refractivity contribution in [1.29, 1.82) is 0 Å². The van der Waals surface area contributed by atoms with Gasteiger partial charge in [-0.2, -0.15) is 0 Å². The van der Waals surface area contributed by atoms with Crippen LogP contribution in [-0.4, -0.2) is 43.3 Å². The lowest BCUT2D eigenvalue weighted by atomic mass is 10.1. The molecule has 0 saturated carbocycles. The lowest BCUT2D eigenvalue weighted by molar-refractivity contribution is -0.140. The largest absolute Gasteiger partial charge is 0.350 e. The van der Waals surface area contributed by atoms with Gasteiger partial charge in [-0.25, -0.2) is 8.42 Å². The third kappa shape index (κ3) is 7.58. The van der Waals surface area contributed by atoms with Crippen molar-refractivity contribution >= 4 is 39.1 Å². The number of sulfonamides is 1. The second kappa shape index (κ2) is 12.0. The van der Waals surface area contributed by atoms with Crippen LogP contribution >= 0.6 is 11.6 Å². The Morgan fingerprint density at radius 2 is 1.50 bits per heavy atom. The summed E-state index contributed by atoms with van der Waals surface area (Å²) >= 11 is 6.05. The lowest BCUT2D eigenvalue weighted by Crippen LogP contribution is -2.54. The number of nitrogens with one attached hydrogen (secondary N) is 1. The number of halogens is 1. The molecular formula is C29H34ClN3O4S. The number of hydrogen-bond donors (Lipinski definition) is 1. The highest BCUT2D eigenvalue weighted by Gasteiger charge is 2.33. The molecule has 9 heteroatoms. The average Bonchev–Trinajstić information content (AvgIpc) is 2.85. The van der Waals surface area contributed by atoms with Crippen LogP contribution in [0.15, 0.2) is 83.8 Å². The molecule has 202 valence electrons. The first-order valence-corrected chi connectivity index (χ1v) is 14.1. The van der Waals surface area contributed by atoms with E-state index in [1.807, 2.05) is 58.0 Å². The van der Waals surface area contributed by atoms with Crippen molar-refractivity contribution in [3.8, 4) is 0 Å². The minimum absolute atomic E-state index is 0.0546. The monoisotopic (exact) mass is 555 g/mol. The van der Waals surface area contributed by atoms with Crippen LogP contribution in [0.5, 0.6) is 0 Å². The summed E-state index contributed by atoms with van der Waals surface area (Å²) in [4.78, 5) is 28.4. The zero-order chi connectivity index (χ0) is 28.1. The Hall–Kier alpha value is -3.36. The summed E-state index contributed by atoms with van der Waals surface area (Å²) in [5.74, 6) is -0.850. The predicted octanol–water partition coefficient (Wildman–Crippen LogP) is 5.18. The molecule has 0 aromatic heterocycles. The van der Waals surface area contributed by atoms with Crippen LogP contribution < -0.4 is 9.62 Å². The van der Waals surface area contributed by atoms with Gasteiger partial charge in [0.25, 0.3) is 10.0 Å². The molecule has 0 unspecified atom stereocenters. The molecule has 1 N–H and O–H groups in total. The first-order valence-electron chi connectivity index (χ1n) is 12.3. The van der Waals surface area contributed by atoms with E-state index in [2.05, 4.69) is 5.32 Å². The van der Waals surface area contributed by atoms with Crippen LogP contribution in [0.3, 0.4) is 0 Å². The fourth-order valence-electron chi connectivity index (χ4n) is 3.81. The molecule has 0 fully saturated rings. The topological polar surface area (TPSA) is 86.8 Å². The van der Waals surface area contributed by atoms with Crippen LogP contribution in [0, 0.1) is 6.92 Å². The van der Waals surface area contributed by atoms with Crippen molar-refractivity contribution in [2.75, 3.05) is 10.8 Å². The molecule has 1 atom stereocenters. The Morgan fingerprint density at radius 3 is 2.05 bits per heavy atom. The number of nitrogens with zero attached hydrogens (tertiary/aromatic N) is 2. The van der Waals surface area contributed by atoms with E-state index in [0.717, 1.165) is 15.4 Å². The summed E-state index contributed by atoms with van der Waals surface area (Å²) in [6.07, 6.45) is 0. The predicted molar refractivity (Wildman–Crippen MR) is 152 cm³/mol. The van der Waals surface area contributed by atoms with Crippen LogP contribution in [-0.2, 0) is 26.2 Å². The SMILES string of the molecule is Cc1ccc(S(=O)(=O)N(CC(=O)N(Cc2ccccc2)[C@H](C)C(=O)NC(C)(C)C)c2ccc(Cl)cc2)cc1. The Balaban J connectivity index is 2.02. The molecule has 0 saturated heterocycles. The van der Waals surface area contributed by atoms with Gasteiger partial charge in [0, 0.05) is 17.1 Å². The molecule has 0 aliphatic rings. The highest BCUT2D eigenvalue weighted by Crippen LogP contribution is 2.26. The zero-order valence-electron chi connectivity index (χ0n) is 22.3. The standard InChI is InChI=1S/C29H34ClN3O4S/c1-21-11-17-26(18-12-21)38(36,37)33(25-15-13-24(30)14-16-25)20-27(34)32(19-23-9-7-6-8-10-23)22(2)28(35)31-29(3,4)5/h6-18,22H,19-20H2,1-5H3,(H,31,35)/t22-/m1/s1. The molecule has 2 amide bonds. The molecule has 0 aliphatic heterocycles. The quantitative estimate of drug-likeness (QED) is 0.394. The maximum atomic E-state index is 13.9. The molecule has 3 aromatic rings. The van der Waals surface area contributed by atoms with E-state index in [-0.39, 0.29) is 23.0 Å². The number of carbonyl (C=O) groups is 2. The third-order valence-corrected chi connectivity index (χ3v) is 7.90. The third-order valence-electron chi connectivity index (χ3n) is 5.86. The summed E-state index contributed by atoms with van der Waals surface area (Å²) in [6.45, 7) is 8.72. The van der Waals surface area contributed by atoms with E-state index >= 15 is 0 Å². The summed E-state index contributed by atoms with van der Waals surface area (Å²) in [7, 11) is -4.12. The molecule has 3 aromatic carbocycles. The summed E-state index contributed by atoms with van der Waals surface area (Å²) in [5, 5.41) is 3.35. The maximum absolute atomic E-state index is 13.9. The van der Waals surface area contributed by atoms with Gasteiger partial charge >= 0.3 is 0 Å². The maximum Gasteiger partial charge on any atom is 0.264 e. The summed E-state index contributed by atoms with van der Waals surface area (Å²) in [5.41, 5.74) is 1.51. The summed E-state index contributed by atoms with van der Waals surface area (Å²) in [6, 6.07) is 21.1. The van der Waals surface area contributed by atoms with E-state index in [1.54, 1.807) is 43.3 Å². The van der Waals surface area contributed by atoms with E-state index in [9.17, 15) is 18.0 Å². The zero-order valence-corrected chi connectivity index (χ0v) is 23.9. The van der Waals surface area contributed by atoms with Crippen LogP contribution in [0.4, 0.5) is 5.69 Å². The first-order chi connectivity index (χ1) is 17.8. The number of amides is 2. The number of hydrogen-bond acceptors (Lipinski definition) is 4. The van der Waals surface area contributed by atoms with Crippen molar-refractivity contribution in [1.82, 2.24) is 10.2 Å². The van der Waals surface area contributed by atoms with Crippen molar-refractivity contribution in [3.63, 3.8) is 0 Å². The number of rotatable bonds is 9. The first kappa shape index (κ1) is 29.2. The Kier molecular flexibility index (Phi) is 9.22. The molecule has 0 heterocycles. The van der Waals surface area contributed by atoms with Crippen LogP contribution in [0.25, 0.3) is 0 Å². The Bertz CT molecular complexity index is 1350. The van der Waals surface area contributed by atoms with E-state index < -0.39 is 34.1 Å². The number of aryl methyl sites for hydroxylation is 1. The molecule has 7 nitrogen and oxygen atoms in total. The van der Waals surface area contributed by atoms with Gasteiger partial charge in [0.2, 0.25) is 11.8 Å². The Morgan fingerprint density at radius 1 is 0.921 bits per heavy atom. The molecule has 0 aliphatic carbocycles. The van der Waals surface area contributed by atoms with Gasteiger partial charge in [0.1, 0.15) is 12.6 Å². The molecule has 0 bridgehead atoms. The molecular weight excluding hydrogens is 522 g/mol. The van der Waals surface area contributed by atoms with Crippen molar-refractivity contribution in [3.05, 3.63) is 95.0 Å². The van der Waals surface area contributed by atoms with Gasteiger partial charge < -0.3 is 10.2 Å². The van der Waals surface area contributed by atoms with Gasteiger partial charge in [-0.3, -0.25) is 13.9 Å². The van der Waals surface area contributed by atoms with Crippen molar-refractivity contribution < 1.29 is 18.0 Å². The van der Waals surface area contributed by atoms with Gasteiger partial charge in [0.05, 0.1) is 10.6 Å². The number of carbonyl (C=O) groups excluding carboxylic acids is 2. The smallest absolute Gasteiger partial charge is 0.264 e. The fraction of sp³-hybridized carbons (Fsp3) is 0.310. The number of anilines is 1. The lowest BCUT2D eigenvalue weighted by Gasteiger charge is -2.33. The van der Waals surface area contributed by atoms with Gasteiger partial charge in [0.15, 0.2) is 0 Å².